The summed E-state index contributed by atoms with van der Waals surface area (Å²) in [5.74, 6) is 0. The van der Waals surface area contributed by atoms with E-state index in [2.05, 4.69) is 34.3 Å². The van der Waals surface area contributed by atoms with Crippen LogP contribution in [0, 0.1) is 5.41 Å². The first kappa shape index (κ1) is 12.9. The van der Waals surface area contributed by atoms with E-state index in [0.717, 1.165) is 32.8 Å². The van der Waals surface area contributed by atoms with E-state index in [-0.39, 0.29) is 0 Å². The molecule has 2 saturated heterocycles. The van der Waals surface area contributed by atoms with Gasteiger partial charge in [-0.3, -0.25) is 4.98 Å². The average Bonchev–Trinajstić information content (AvgIpc) is 2.45. The third kappa shape index (κ3) is 3.07. The molecule has 3 heterocycles. The third-order valence-corrected chi connectivity index (χ3v) is 4.24. The van der Waals surface area contributed by atoms with Gasteiger partial charge in [0.25, 0.3) is 0 Å². The van der Waals surface area contributed by atoms with Crippen LogP contribution in [0.3, 0.4) is 0 Å². The van der Waals surface area contributed by atoms with Gasteiger partial charge in [0.05, 0.1) is 13.2 Å². The molecule has 0 aromatic carbocycles. The van der Waals surface area contributed by atoms with Gasteiger partial charge in [-0.15, -0.1) is 0 Å². The predicted molar refractivity (Wildman–Crippen MR) is 76.4 cm³/mol. The molecule has 2 fully saturated rings. The molecule has 1 N–H and O–H groups in total. The molecule has 0 amide bonds. The van der Waals surface area contributed by atoms with Gasteiger partial charge in [-0.25, -0.2) is 0 Å². The molecule has 19 heavy (non-hydrogen) atoms. The van der Waals surface area contributed by atoms with Gasteiger partial charge in [-0.2, -0.15) is 0 Å². The Morgan fingerprint density at radius 3 is 2.58 bits per heavy atom. The molecule has 2 aliphatic rings. The fourth-order valence-electron chi connectivity index (χ4n) is 2.84. The number of hydrogen-bond donors (Lipinski definition) is 1. The highest BCUT2D eigenvalue weighted by atomic mass is 16.5. The fraction of sp³-hybridized carbons (Fsp3) is 0.667. The van der Waals surface area contributed by atoms with Crippen molar-refractivity contribution in [1.82, 2.24) is 10.3 Å². The van der Waals surface area contributed by atoms with Gasteiger partial charge < -0.3 is 15.0 Å². The van der Waals surface area contributed by atoms with Crippen LogP contribution >= 0.6 is 0 Å². The van der Waals surface area contributed by atoms with Gasteiger partial charge in [0.2, 0.25) is 0 Å². The van der Waals surface area contributed by atoms with Crippen molar-refractivity contribution in [2.75, 3.05) is 37.7 Å². The number of rotatable bonds is 4. The van der Waals surface area contributed by atoms with E-state index in [9.17, 15) is 0 Å². The number of aromatic nitrogens is 1. The molecule has 0 spiro atoms. The van der Waals surface area contributed by atoms with Crippen molar-refractivity contribution in [3.8, 4) is 0 Å². The number of pyridine rings is 1. The summed E-state index contributed by atoms with van der Waals surface area (Å²) < 4.78 is 5.30. The predicted octanol–water partition coefficient (Wildman–Crippen LogP) is 1.68. The number of anilines is 1. The van der Waals surface area contributed by atoms with Crippen LogP contribution in [-0.2, 0) is 4.74 Å². The number of hydrogen-bond acceptors (Lipinski definition) is 4. The standard InChI is InChI=1S/C15H23N3O/c1-15(11-19-12-15)10-17-13-4-8-18(9-5-13)14-2-6-16-7-3-14/h2-3,6-7,13,17H,4-5,8-12H2,1H3. The minimum absolute atomic E-state index is 0.377. The van der Waals surface area contributed by atoms with Gasteiger partial charge in [-0.05, 0) is 25.0 Å². The number of ether oxygens (including phenoxy) is 1. The Bertz CT molecular complexity index is 397. The molecule has 0 saturated carbocycles. The van der Waals surface area contributed by atoms with Crippen LogP contribution in [0.5, 0.6) is 0 Å². The summed E-state index contributed by atoms with van der Waals surface area (Å²) >= 11 is 0. The Morgan fingerprint density at radius 1 is 1.32 bits per heavy atom. The SMILES string of the molecule is CC1(CNC2CCN(c3ccncc3)CC2)COC1. The van der Waals surface area contributed by atoms with E-state index >= 15 is 0 Å². The quantitative estimate of drug-likeness (QED) is 0.895. The van der Waals surface area contributed by atoms with Crippen LogP contribution < -0.4 is 10.2 Å². The van der Waals surface area contributed by atoms with Gasteiger partial charge in [-0.1, -0.05) is 6.92 Å². The lowest BCUT2D eigenvalue weighted by Crippen LogP contribution is -2.51. The zero-order valence-electron chi connectivity index (χ0n) is 11.6. The average molecular weight is 261 g/mol. The summed E-state index contributed by atoms with van der Waals surface area (Å²) in [4.78, 5) is 6.53. The van der Waals surface area contributed by atoms with Crippen LogP contribution in [0.2, 0.25) is 0 Å². The monoisotopic (exact) mass is 261 g/mol. The Labute approximate surface area is 115 Å². The minimum atomic E-state index is 0.377. The molecule has 0 unspecified atom stereocenters. The van der Waals surface area contributed by atoms with Gasteiger partial charge in [0, 0.05) is 49.2 Å². The van der Waals surface area contributed by atoms with Crippen LogP contribution in [0.25, 0.3) is 0 Å². The highest BCUT2D eigenvalue weighted by Crippen LogP contribution is 2.26. The molecule has 104 valence electrons. The van der Waals surface area contributed by atoms with Gasteiger partial charge in [0.15, 0.2) is 0 Å². The number of nitrogens with one attached hydrogen (secondary N) is 1. The van der Waals surface area contributed by atoms with Crippen molar-refractivity contribution in [3.63, 3.8) is 0 Å². The van der Waals surface area contributed by atoms with E-state index in [0.29, 0.717) is 11.5 Å². The van der Waals surface area contributed by atoms with Crippen LogP contribution in [-0.4, -0.2) is 43.9 Å². The maximum atomic E-state index is 5.30. The van der Waals surface area contributed by atoms with Crippen molar-refractivity contribution >= 4 is 5.69 Å². The van der Waals surface area contributed by atoms with Crippen LogP contribution in [0.15, 0.2) is 24.5 Å². The highest BCUT2D eigenvalue weighted by molar-refractivity contribution is 5.44. The Hall–Kier alpha value is -1.13. The van der Waals surface area contributed by atoms with Crippen molar-refractivity contribution in [2.45, 2.75) is 25.8 Å². The second-order valence-corrected chi connectivity index (χ2v) is 6.15. The number of nitrogens with zero attached hydrogens (tertiary/aromatic N) is 2. The first-order valence-corrected chi connectivity index (χ1v) is 7.21. The minimum Gasteiger partial charge on any atom is -0.380 e. The van der Waals surface area contributed by atoms with E-state index in [1.165, 1.54) is 18.5 Å². The molecular formula is C15H23N3O. The summed E-state index contributed by atoms with van der Waals surface area (Å²) in [5, 5.41) is 3.72. The van der Waals surface area contributed by atoms with Gasteiger partial charge in [0.1, 0.15) is 0 Å². The topological polar surface area (TPSA) is 37.4 Å². The second kappa shape index (κ2) is 5.47. The van der Waals surface area contributed by atoms with E-state index in [1.54, 1.807) is 0 Å². The zero-order valence-corrected chi connectivity index (χ0v) is 11.6. The zero-order chi connectivity index (χ0) is 13.1. The van der Waals surface area contributed by atoms with Crippen LogP contribution in [0.4, 0.5) is 5.69 Å². The fourth-order valence-corrected chi connectivity index (χ4v) is 2.84. The summed E-state index contributed by atoms with van der Waals surface area (Å²) in [5.41, 5.74) is 1.68. The van der Waals surface area contributed by atoms with Crippen molar-refractivity contribution < 1.29 is 4.74 Å². The second-order valence-electron chi connectivity index (χ2n) is 6.15. The largest absolute Gasteiger partial charge is 0.380 e. The molecule has 1 aromatic rings. The smallest absolute Gasteiger partial charge is 0.0554 e. The lowest BCUT2D eigenvalue weighted by Gasteiger charge is -2.41. The molecule has 3 rings (SSSR count). The lowest BCUT2D eigenvalue weighted by atomic mass is 9.88. The van der Waals surface area contributed by atoms with E-state index in [1.807, 2.05) is 12.4 Å². The molecule has 2 aliphatic heterocycles. The number of piperidine rings is 1. The summed E-state index contributed by atoms with van der Waals surface area (Å²) in [6.45, 7) is 7.48. The van der Waals surface area contributed by atoms with Gasteiger partial charge >= 0.3 is 0 Å². The summed E-state index contributed by atoms with van der Waals surface area (Å²) in [6.07, 6.45) is 6.19. The normalized spacial score (nSPS) is 23.1. The summed E-state index contributed by atoms with van der Waals surface area (Å²) in [6, 6.07) is 4.86. The third-order valence-electron chi connectivity index (χ3n) is 4.24. The maximum Gasteiger partial charge on any atom is 0.0554 e. The van der Waals surface area contributed by atoms with Crippen LogP contribution in [0.1, 0.15) is 19.8 Å². The molecule has 4 nitrogen and oxygen atoms in total. The lowest BCUT2D eigenvalue weighted by molar-refractivity contribution is -0.100. The molecule has 0 bridgehead atoms. The van der Waals surface area contributed by atoms with Crippen molar-refractivity contribution in [2.24, 2.45) is 5.41 Å². The Morgan fingerprint density at radius 2 is 2.00 bits per heavy atom. The summed E-state index contributed by atoms with van der Waals surface area (Å²) in [7, 11) is 0. The maximum absolute atomic E-state index is 5.30. The van der Waals surface area contributed by atoms with E-state index in [4.69, 9.17) is 4.74 Å². The first-order valence-electron chi connectivity index (χ1n) is 7.21. The Kier molecular flexibility index (Phi) is 3.71. The molecular weight excluding hydrogens is 238 g/mol. The van der Waals surface area contributed by atoms with Crippen molar-refractivity contribution in [3.05, 3.63) is 24.5 Å². The Balaban J connectivity index is 1.44. The van der Waals surface area contributed by atoms with Crippen molar-refractivity contribution in [1.29, 1.82) is 0 Å². The molecule has 0 atom stereocenters. The molecule has 0 radical (unpaired) electrons. The van der Waals surface area contributed by atoms with E-state index < -0.39 is 0 Å². The highest BCUT2D eigenvalue weighted by Gasteiger charge is 2.33. The molecule has 4 heteroatoms. The molecule has 0 aliphatic carbocycles. The first-order chi connectivity index (χ1) is 9.25. The molecule has 1 aromatic heterocycles.